The summed E-state index contributed by atoms with van der Waals surface area (Å²) in [6.07, 6.45) is 1.54. The molecule has 0 saturated heterocycles. The molecule has 0 fully saturated rings. The molecule has 0 atom stereocenters. The number of hydrogen-bond acceptors (Lipinski definition) is 3. The van der Waals surface area contributed by atoms with Crippen molar-refractivity contribution >= 4 is 17.6 Å². The molecule has 0 heterocycles. The van der Waals surface area contributed by atoms with Gasteiger partial charge in [0.1, 0.15) is 5.56 Å². The molecule has 4 nitrogen and oxygen atoms in total. The van der Waals surface area contributed by atoms with E-state index in [1.807, 2.05) is 12.2 Å². The lowest BCUT2D eigenvalue weighted by Gasteiger charge is -2.10. The zero-order valence-electron chi connectivity index (χ0n) is 14.0. The third kappa shape index (κ3) is 4.42. The highest BCUT2D eigenvalue weighted by molar-refractivity contribution is 6.05. The fourth-order valence-corrected chi connectivity index (χ4v) is 2.08. The van der Waals surface area contributed by atoms with Crippen LogP contribution in [-0.2, 0) is 4.74 Å². The summed E-state index contributed by atoms with van der Waals surface area (Å²) in [5, 5.41) is 2.01. The van der Waals surface area contributed by atoms with Gasteiger partial charge in [0.25, 0.3) is 5.91 Å². The number of esters is 1. The number of ether oxygens (including phenoxy) is 1. The van der Waals surface area contributed by atoms with Crippen molar-refractivity contribution in [1.82, 2.24) is 0 Å². The number of carbonyl (C=O) groups is 2. The second kappa shape index (κ2) is 8.61. The first-order valence-corrected chi connectivity index (χ1v) is 7.87. The minimum absolute atomic E-state index is 0.0194. The van der Waals surface area contributed by atoms with Crippen LogP contribution in [0, 0.1) is 29.1 Å². The van der Waals surface area contributed by atoms with E-state index < -0.39 is 46.5 Å². The molecule has 0 aromatic heterocycles. The fourth-order valence-electron chi connectivity index (χ4n) is 2.08. The topological polar surface area (TPSA) is 55.4 Å². The predicted molar refractivity (Wildman–Crippen MR) is 85.8 cm³/mol. The van der Waals surface area contributed by atoms with Gasteiger partial charge in [-0.2, -0.15) is 0 Å². The van der Waals surface area contributed by atoms with Crippen LogP contribution in [0.15, 0.2) is 24.3 Å². The van der Waals surface area contributed by atoms with Gasteiger partial charge in [0, 0.05) is 5.69 Å². The van der Waals surface area contributed by atoms with E-state index in [0.29, 0.717) is 6.42 Å². The van der Waals surface area contributed by atoms with E-state index in [1.54, 1.807) is 0 Å². The molecule has 0 aliphatic rings. The van der Waals surface area contributed by atoms with E-state index in [9.17, 15) is 31.5 Å². The van der Waals surface area contributed by atoms with E-state index in [0.717, 1.165) is 6.42 Å². The molecule has 2 aromatic carbocycles. The van der Waals surface area contributed by atoms with Crippen molar-refractivity contribution in [1.29, 1.82) is 0 Å². The number of benzene rings is 2. The number of unbranched alkanes of at least 4 members (excludes halogenated alkanes) is 1. The Labute approximate surface area is 150 Å². The lowest BCUT2D eigenvalue weighted by Crippen LogP contribution is -2.19. The van der Waals surface area contributed by atoms with Crippen LogP contribution >= 0.6 is 0 Å². The maximum Gasteiger partial charge on any atom is 0.338 e. The van der Waals surface area contributed by atoms with E-state index >= 15 is 0 Å². The number of amides is 1. The van der Waals surface area contributed by atoms with Gasteiger partial charge in [-0.3, -0.25) is 4.79 Å². The summed E-state index contributed by atoms with van der Waals surface area (Å²) >= 11 is 0. The van der Waals surface area contributed by atoms with Gasteiger partial charge in [-0.05, 0) is 30.7 Å². The highest BCUT2D eigenvalue weighted by Crippen LogP contribution is 2.24. The zero-order chi connectivity index (χ0) is 20.1. The lowest BCUT2D eigenvalue weighted by atomic mass is 10.1. The second-order valence-corrected chi connectivity index (χ2v) is 5.47. The SMILES string of the molecule is CCCCOC(=O)c1ccc(NC(=O)c2c(F)c(F)c(F)c(F)c2F)cc1. The maximum absolute atomic E-state index is 13.6. The van der Waals surface area contributed by atoms with Crippen LogP contribution in [-0.4, -0.2) is 18.5 Å². The Morgan fingerprint density at radius 2 is 1.41 bits per heavy atom. The Morgan fingerprint density at radius 1 is 0.889 bits per heavy atom. The highest BCUT2D eigenvalue weighted by Gasteiger charge is 2.29. The van der Waals surface area contributed by atoms with E-state index in [1.165, 1.54) is 24.3 Å². The summed E-state index contributed by atoms with van der Waals surface area (Å²) < 4.78 is 71.6. The van der Waals surface area contributed by atoms with Crippen LogP contribution in [0.2, 0.25) is 0 Å². The van der Waals surface area contributed by atoms with Crippen molar-refractivity contribution < 1.29 is 36.3 Å². The summed E-state index contributed by atoms with van der Waals surface area (Å²) in [4.78, 5) is 23.7. The van der Waals surface area contributed by atoms with Crippen molar-refractivity contribution in [3.8, 4) is 0 Å². The molecule has 0 radical (unpaired) electrons. The smallest absolute Gasteiger partial charge is 0.338 e. The molecule has 0 bridgehead atoms. The average molecular weight is 387 g/mol. The Bertz CT molecular complexity index is 839. The molecule has 1 amide bonds. The third-order valence-corrected chi connectivity index (χ3v) is 3.55. The third-order valence-electron chi connectivity index (χ3n) is 3.55. The number of hydrogen-bond donors (Lipinski definition) is 1. The Balaban J connectivity index is 2.17. The minimum Gasteiger partial charge on any atom is -0.462 e. The number of halogens is 5. The van der Waals surface area contributed by atoms with E-state index in [4.69, 9.17) is 4.74 Å². The predicted octanol–water partition coefficient (Wildman–Crippen LogP) is 4.59. The first kappa shape index (κ1) is 20.3. The Hall–Kier alpha value is -2.97. The molecule has 9 heteroatoms. The van der Waals surface area contributed by atoms with Crippen molar-refractivity contribution in [2.75, 3.05) is 11.9 Å². The molecular weight excluding hydrogens is 373 g/mol. The lowest BCUT2D eigenvalue weighted by molar-refractivity contribution is 0.0499. The molecule has 0 saturated carbocycles. The van der Waals surface area contributed by atoms with Crippen molar-refractivity contribution in [2.45, 2.75) is 19.8 Å². The van der Waals surface area contributed by atoms with Crippen LogP contribution in [0.5, 0.6) is 0 Å². The minimum atomic E-state index is -2.35. The molecule has 0 aliphatic carbocycles. The maximum atomic E-state index is 13.6. The Kier molecular flexibility index (Phi) is 6.49. The fraction of sp³-hybridized carbons (Fsp3) is 0.222. The normalized spacial score (nSPS) is 10.6. The molecule has 0 aliphatic heterocycles. The van der Waals surface area contributed by atoms with Crippen LogP contribution in [0.4, 0.5) is 27.6 Å². The van der Waals surface area contributed by atoms with E-state index in [2.05, 4.69) is 0 Å². The first-order chi connectivity index (χ1) is 12.8. The molecule has 144 valence electrons. The van der Waals surface area contributed by atoms with Crippen LogP contribution in [0.3, 0.4) is 0 Å². The quantitative estimate of drug-likeness (QED) is 0.259. The van der Waals surface area contributed by atoms with Gasteiger partial charge in [0.05, 0.1) is 12.2 Å². The number of nitrogens with one attached hydrogen (secondary N) is 1. The van der Waals surface area contributed by atoms with Crippen molar-refractivity contribution in [2.24, 2.45) is 0 Å². The highest BCUT2D eigenvalue weighted by atomic mass is 19.2. The molecule has 2 aromatic rings. The molecule has 27 heavy (non-hydrogen) atoms. The second-order valence-electron chi connectivity index (χ2n) is 5.47. The zero-order valence-corrected chi connectivity index (χ0v) is 14.0. The summed E-state index contributed by atoms with van der Waals surface area (Å²) in [6.45, 7) is 2.17. The molecule has 1 N–H and O–H groups in total. The van der Waals surface area contributed by atoms with Crippen LogP contribution in [0.1, 0.15) is 40.5 Å². The average Bonchev–Trinajstić information content (AvgIpc) is 2.65. The van der Waals surface area contributed by atoms with Gasteiger partial charge in [-0.15, -0.1) is 0 Å². The number of rotatable bonds is 6. The van der Waals surface area contributed by atoms with Gasteiger partial charge < -0.3 is 10.1 Å². The van der Waals surface area contributed by atoms with Gasteiger partial charge in [-0.1, -0.05) is 13.3 Å². The largest absolute Gasteiger partial charge is 0.462 e. The summed E-state index contributed by atoms with van der Waals surface area (Å²) in [5.74, 6) is -13.4. The first-order valence-electron chi connectivity index (χ1n) is 7.87. The van der Waals surface area contributed by atoms with Crippen LogP contribution in [0.25, 0.3) is 0 Å². The van der Waals surface area contributed by atoms with E-state index in [-0.39, 0.29) is 17.9 Å². The molecule has 2 rings (SSSR count). The summed E-state index contributed by atoms with van der Waals surface area (Å²) in [7, 11) is 0. The molecule has 0 unspecified atom stereocenters. The standard InChI is InChI=1S/C18H14F5NO3/c1-2-3-8-27-18(26)9-4-6-10(7-5-9)24-17(25)11-12(19)14(21)16(23)15(22)13(11)20/h4-7H,2-3,8H2,1H3,(H,24,25). The number of carbonyl (C=O) groups excluding carboxylic acids is 2. The van der Waals surface area contributed by atoms with Gasteiger partial charge in [0.2, 0.25) is 5.82 Å². The van der Waals surface area contributed by atoms with Gasteiger partial charge >= 0.3 is 5.97 Å². The number of anilines is 1. The van der Waals surface area contributed by atoms with Crippen molar-refractivity contribution in [3.63, 3.8) is 0 Å². The summed E-state index contributed by atoms with van der Waals surface area (Å²) in [5.41, 5.74) is -1.45. The summed E-state index contributed by atoms with van der Waals surface area (Å²) in [6, 6.07) is 5.01. The van der Waals surface area contributed by atoms with Gasteiger partial charge in [0.15, 0.2) is 23.3 Å². The van der Waals surface area contributed by atoms with Crippen LogP contribution < -0.4 is 5.32 Å². The van der Waals surface area contributed by atoms with Crippen molar-refractivity contribution in [3.05, 3.63) is 64.5 Å². The Morgan fingerprint density at radius 3 is 1.93 bits per heavy atom. The van der Waals surface area contributed by atoms with Gasteiger partial charge in [-0.25, -0.2) is 26.7 Å². The molecular formula is C18H14F5NO3. The monoisotopic (exact) mass is 387 g/mol. The molecule has 0 spiro atoms.